The van der Waals surface area contributed by atoms with Crippen molar-refractivity contribution in [2.24, 2.45) is 0 Å². The van der Waals surface area contributed by atoms with Gasteiger partial charge < -0.3 is 4.90 Å². The summed E-state index contributed by atoms with van der Waals surface area (Å²) < 4.78 is 4.64. The molecule has 1 amide bonds. The third-order valence-corrected chi connectivity index (χ3v) is 3.30. The maximum atomic E-state index is 12.5. The standard InChI is InChI=1S/C15H20N4O2/c1-3-4-8-19(11-13-6-5-7-16-10-13)15(20)9-14-12(2)17-21-18-14/h5-7,10H,3-4,8-9,11H2,1-2H3. The first-order valence-corrected chi connectivity index (χ1v) is 7.15. The van der Waals surface area contributed by atoms with Crippen molar-refractivity contribution in [2.45, 2.75) is 39.7 Å². The fourth-order valence-corrected chi connectivity index (χ4v) is 2.02. The number of carbonyl (C=O) groups excluding carboxylic acids is 1. The molecule has 6 heteroatoms. The number of aryl methyl sites for hydroxylation is 1. The van der Waals surface area contributed by atoms with Crippen LogP contribution in [0.1, 0.15) is 36.7 Å². The third kappa shape index (κ3) is 4.37. The summed E-state index contributed by atoms with van der Waals surface area (Å²) in [4.78, 5) is 18.4. The van der Waals surface area contributed by atoms with Gasteiger partial charge in [-0.1, -0.05) is 29.7 Å². The van der Waals surface area contributed by atoms with Crippen LogP contribution in [0.15, 0.2) is 29.2 Å². The number of pyridine rings is 1. The smallest absolute Gasteiger partial charge is 0.229 e. The minimum atomic E-state index is 0.0334. The molecule has 2 aromatic heterocycles. The predicted octanol–water partition coefficient (Wildman–Crippen LogP) is 2.14. The van der Waals surface area contributed by atoms with Crippen LogP contribution >= 0.6 is 0 Å². The molecular formula is C15H20N4O2. The summed E-state index contributed by atoms with van der Waals surface area (Å²) in [6.07, 6.45) is 5.75. The maximum absolute atomic E-state index is 12.5. The molecule has 2 aromatic rings. The molecule has 6 nitrogen and oxygen atoms in total. The molecule has 0 unspecified atom stereocenters. The second-order valence-corrected chi connectivity index (χ2v) is 5.00. The van der Waals surface area contributed by atoms with Crippen molar-refractivity contribution in [2.75, 3.05) is 6.54 Å². The van der Waals surface area contributed by atoms with E-state index in [4.69, 9.17) is 0 Å². The summed E-state index contributed by atoms with van der Waals surface area (Å²) in [7, 11) is 0. The highest BCUT2D eigenvalue weighted by Crippen LogP contribution is 2.09. The highest BCUT2D eigenvalue weighted by Gasteiger charge is 2.17. The molecule has 0 aliphatic carbocycles. The summed E-state index contributed by atoms with van der Waals surface area (Å²) in [5.41, 5.74) is 2.30. The molecule has 0 N–H and O–H groups in total. The minimum Gasteiger partial charge on any atom is -0.338 e. The molecule has 0 bridgehead atoms. The molecule has 2 rings (SSSR count). The van der Waals surface area contributed by atoms with Gasteiger partial charge in [-0.2, -0.15) is 0 Å². The number of nitrogens with zero attached hydrogens (tertiary/aromatic N) is 4. The van der Waals surface area contributed by atoms with E-state index in [0.717, 1.165) is 24.9 Å². The predicted molar refractivity (Wildman–Crippen MR) is 77.3 cm³/mol. The van der Waals surface area contributed by atoms with Gasteiger partial charge in [-0.05, 0) is 25.0 Å². The first kappa shape index (κ1) is 15.2. The number of hydrogen-bond donors (Lipinski definition) is 0. The average Bonchev–Trinajstić information content (AvgIpc) is 2.89. The Kier molecular flexibility index (Phi) is 5.43. The fraction of sp³-hybridized carbons (Fsp3) is 0.467. The van der Waals surface area contributed by atoms with Crippen molar-refractivity contribution in [1.29, 1.82) is 0 Å². The van der Waals surface area contributed by atoms with Gasteiger partial charge in [0, 0.05) is 25.5 Å². The summed E-state index contributed by atoms with van der Waals surface area (Å²) >= 11 is 0. The van der Waals surface area contributed by atoms with Gasteiger partial charge in [-0.3, -0.25) is 9.78 Å². The molecule has 0 aromatic carbocycles. The zero-order chi connectivity index (χ0) is 15.1. The van der Waals surface area contributed by atoms with Crippen molar-refractivity contribution >= 4 is 5.91 Å². The van der Waals surface area contributed by atoms with Crippen LogP contribution in [-0.2, 0) is 17.8 Å². The maximum Gasteiger partial charge on any atom is 0.229 e. The van der Waals surface area contributed by atoms with Crippen molar-refractivity contribution in [3.8, 4) is 0 Å². The normalized spacial score (nSPS) is 10.6. The Bertz CT molecular complexity index is 568. The van der Waals surface area contributed by atoms with Gasteiger partial charge in [0.15, 0.2) is 0 Å². The first-order valence-electron chi connectivity index (χ1n) is 7.15. The minimum absolute atomic E-state index is 0.0334. The molecule has 0 aliphatic rings. The lowest BCUT2D eigenvalue weighted by Crippen LogP contribution is -2.33. The van der Waals surface area contributed by atoms with Crippen LogP contribution in [0.3, 0.4) is 0 Å². The lowest BCUT2D eigenvalue weighted by Gasteiger charge is -2.22. The van der Waals surface area contributed by atoms with Crippen LogP contribution in [0.2, 0.25) is 0 Å². The lowest BCUT2D eigenvalue weighted by molar-refractivity contribution is -0.131. The van der Waals surface area contributed by atoms with Gasteiger partial charge in [0.2, 0.25) is 5.91 Å². The van der Waals surface area contributed by atoms with E-state index in [1.54, 1.807) is 19.3 Å². The molecule has 0 spiro atoms. The van der Waals surface area contributed by atoms with Gasteiger partial charge in [-0.25, -0.2) is 4.63 Å². The molecule has 21 heavy (non-hydrogen) atoms. The Balaban J connectivity index is 2.04. The largest absolute Gasteiger partial charge is 0.338 e. The second-order valence-electron chi connectivity index (χ2n) is 5.00. The number of carbonyl (C=O) groups is 1. The van der Waals surface area contributed by atoms with E-state index in [1.165, 1.54) is 0 Å². The van der Waals surface area contributed by atoms with E-state index >= 15 is 0 Å². The van der Waals surface area contributed by atoms with E-state index in [2.05, 4.69) is 26.9 Å². The van der Waals surface area contributed by atoms with Crippen molar-refractivity contribution < 1.29 is 9.42 Å². The van der Waals surface area contributed by atoms with E-state index in [9.17, 15) is 4.79 Å². The van der Waals surface area contributed by atoms with E-state index in [0.29, 0.717) is 17.9 Å². The first-order chi connectivity index (χ1) is 10.2. The zero-order valence-electron chi connectivity index (χ0n) is 12.5. The average molecular weight is 288 g/mol. The van der Waals surface area contributed by atoms with Crippen LogP contribution in [0.25, 0.3) is 0 Å². The molecule has 0 saturated carbocycles. The molecule has 0 atom stereocenters. The monoisotopic (exact) mass is 288 g/mol. The van der Waals surface area contributed by atoms with Crippen LogP contribution in [0.4, 0.5) is 0 Å². The topological polar surface area (TPSA) is 72.1 Å². The number of rotatable bonds is 7. The highest BCUT2D eigenvalue weighted by molar-refractivity contribution is 5.78. The third-order valence-electron chi connectivity index (χ3n) is 3.30. The van der Waals surface area contributed by atoms with Gasteiger partial charge in [-0.15, -0.1) is 0 Å². The van der Waals surface area contributed by atoms with Gasteiger partial charge in [0.25, 0.3) is 0 Å². The van der Waals surface area contributed by atoms with Crippen LogP contribution in [0.5, 0.6) is 0 Å². The number of amides is 1. The van der Waals surface area contributed by atoms with Crippen molar-refractivity contribution in [3.05, 3.63) is 41.5 Å². The quantitative estimate of drug-likeness (QED) is 0.780. The summed E-state index contributed by atoms with van der Waals surface area (Å²) in [6, 6.07) is 3.85. The van der Waals surface area contributed by atoms with E-state index in [-0.39, 0.29) is 12.3 Å². The fourth-order valence-electron chi connectivity index (χ4n) is 2.02. The SMILES string of the molecule is CCCCN(Cc1cccnc1)C(=O)Cc1nonc1C. The van der Waals surface area contributed by atoms with Crippen LogP contribution < -0.4 is 0 Å². The number of unbranched alkanes of at least 4 members (excludes halogenated alkanes) is 1. The van der Waals surface area contributed by atoms with Gasteiger partial charge >= 0.3 is 0 Å². The molecule has 0 aliphatic heterocycles. The highest BCUT2D eigenvalue weighted by atomic mass is 16.6. The van der Waals surface area contributed by atoms with E-state index < -0.39 is 0 Å². The second kappa shape index (κ2) is 7.52. The van der Waals surface area contributed by atoms with E-state index in [1.807, 2.05) is 17.0 Å². The molecular weight excluding hydrogens is 268 g/mol. The van der Waals surface area contributed by atoms with Gasteiger partial charge in [0.05, 0.1) is 6.42 Å². The number of hydrogen-bond acceptors (Lipinski definition) is 5. The van der Waals surface area contributed by atoms with Crippen molar-refractivity contribution in [3.63, 3.8) is 0 Å². The van der Waals surface area contributed by atoms with Crippen molar-refractivity contribution in [1.82, 2.24) is 20.2 Å². The Morgan fingerprint density at radius 3 is 2.86 bits per heavy atom. The Morgan fingerprint density at radius 2 is 2.24 bits per heavy atom. The molecule has 0 radical (unpaired) electrons. The van der Waals surface area contributed by atoms with Crippen LogP contribution in [-0.4, -0.2) is 32.6 Å². The molecule has 112 valence electrons. The summed E-state index contributed by atoms with van der Waals surface area (Å²) in [5.74, 6) is 0.0334. The van der Waals surface area contributed by atoms with Gasteiger partial charge in [0.1, 0.15) is 11.4 Å². The zero-order valence-corrected chi connectivity index (χ0v) is 12.5. The lowest BCUT2D eigenvalue weighted by atomic mass is 10.2. The summed E-state index contributed by atoms with van der Waals surface area (Å²) in [6.45, 7) is 5.20. The van der Waals surface area contributed by atoms with Crippen LogP contribution in [0, 0.1) is 6.92 Å². The Morgan fingerprint density at radius 1 is 1.38 bits per heavy atom. The number of aromatic nitrogens is 3. The summed E-state index contributed by atoms with van der Waals surface area (Å²) in [5, 5.41) is 7.49. The Hall–Kier alpha value is -2.24. The molecule has 0 fully saturated rings. The molecule has 0 saturated heterocycles. The Labute approximate surface area is 124 Å². The molecule has 2 heterocycles.